The van der Waals surface area contributed by atoms with Crippen molar-refractivity contribution >= 4 is 21.7 Å². The van der Waals surface area contributed by atoms with Crippen LogP contribution in [-0.4, -0.2) is 16.5 Å². The third-order valence-electron chi connectivity index (χ3n) is 2.28. The summed E-state index contributed by atoms with van der Waals surface area (Å²) in [4.78, 5) is 8.32. The maximum Gasteiger partial charge on any atom is 0.224 e. The molecule has 1 aromatic carbocycles. The Morgan fingerprint density at radius 3 is 2.79 bits per heavy atom. The Bertz CT molecular complexity index is 592. The van der Waals surface area contributed by atoms with E-state index in [9.17, 15) is 4.39 Å². The summed E-state index contributed by atoms with van der Waals surface area (Å²) in [6.45, 7) is 4.46. The summed E-state index contributed by atoms with van der Waals surface area (Å²) >= 11 is 3.19. The Morgan fingerprint density at radius 2 is 2.11 bits per heavy atom. The van der Waals surface area contributed by atoms with Crippen molar-refractivity contribution in [2.75, 3.05) is 11.9 Å². The molecule has 0 bridgehead atoms. The number of benzene rings is 1. The highest BCUT2D eigenvalue weighted by Crippen LogP contribution is 2.26. The van der Waals surface area contributed by atoms with Crippen LogP contribution in [0.4, 0.5) is 10.2 Å². The molecule has 0 spiro atoms. The summed E-state index contributed by atoms with van der Waals surface area (Å²) in [7, 11) is 0. The third-order valence-corrected chi connectivity index (χ3v) is 2.77. The van der Waals surface area contributed by atoms with Gasteiger partial charge in [0, 0.05) is 17.1 Å². The number of rotatable bonds is 4. The largest absolute Gasteiger partial charge is 0.436 e. The lowest BCUT2D eigenvalue weighted by Gasteiger charge is -2.09. The first kappa shape index (κ1) is 13.7. The van der Waals surface area contributed by atoms with Crippen LogP contribution < -0.4 is 10.1 Å². The van der Waals surface area contributed by atoms with Crippen LogP contribution in [0.1, 0.15) is 12.7 Å². The van der Waals surface area contributed by atoms with E-state index in [-0.39, 0.29) is 5.75 Å². The molecule has 0 saturated heterocycles. The second-order valence-electron chi connectivity index (χ2n) is 3.85. The summed E-state index contributed by atoms with van der Waals surface area (Å²) in [5.74, 6) is 1.21. The minimum atomic E-state index is -0.448. The average Bonchev–Trinajstić information content (AvgIpc) is 2.32. The molecule has 4 nitrogen and oxygen atoms in total. The van der Waals surface area contributed by atoms with Gasteiger partial charge < -0.3 is 10.1 Å². The third kappa shape index (κ3) is 3.64. The quantitative estimate of drug-likeness (QED) is 0.925. The van der Waals surface area contributed by atoms with Crippen LogP contribution in [0.2, 0.25) is 0 Å². The fourth-order valence-electron chi connectivity index (χ4n) is 1.53. The van der Waals surface area contributed by atoms with Gasteiger partial charge >= 0.3 is 0 Å². The molecule has 0 amide bonds. The molecule has 0 fully saturated rings. The van der Waals surface area contributed by atoms with Crippen molar-refractivity contribution in [2.45, 2.75) is 13.8 Å². The average molecular weight is 326 g/mol. The minimum absolute atomic E-state index is 0.128. The molecule has 19 heavy (non-hydrogen) atoms. The van der Waals surface area contributed by atoms with Crippen LogP contribution in [0.3, 0.4) is 0 Å². The highest BCUT2D eigenvalue weighted by Gasteiger charge is 2.08. The van der Waals surface area contributed by atoms with E-state index in [2.05, 4.69) is 31.2 Å². The van der Waals surface area contributed by atoms with Crippen LogP contribution in [0.25, 0.3) is 0 Å². The van der Waals surface area contributed by atoms with Gasteiger partial charge in [0.15, 0.2) is 11.6 Å². The molecule has 0 atom stereocenters. The highest BCUT2D eigenvalue weighted by atomic mass is 79.9. The zero-order valence-electron chi connectivity index (χ0n) is 10.6. The van der Waals surface area contributed by atoms with E-state index in [1.807, 2.05) is 6.92 Å². The Morgan fingerprint density at radius 1 is 1.32 bits per heavy atom. The molecule has 0 aliphatic heterocycles. The van der Waals surface area contributed by atoms with E-state index < -0.39 is 5.82 Å². The highest BCUT2D eigenvalue weighted by molar-refractivity contribution is 9.10. The summed E-state index contributed by atoms with van der Waals surface area (Å²) in [6, 6.07) is 6.23. The van der Waals surface area contributed by atoms with Crippen LogP contribution in [0.15, 0.2) is 28.7 Å². The number of halogens is 2. The number of ether oxygens (including phenoxy) is 1. The molecule has 0 unspecified atom stereocenters. The number of anilines is 1. The Labute approximate surface area is 119 Å². The van der Waals surface area contributed by atoms with E-state index in [4.69, 9.17) is 4.74 Å². The monoisotopic (exact) mass is 325 g/mol. The molecule has 0 aliphatic carbocycles. The van der Waals surface area contributed by atoms with Crippen LogP contribution in [0, 0.1) is 12.7 Å². The fourth-order valence-corrected chi connectivity index (χ4v) is 1.87. The lowest BCUT2D eigenvalue weighted by atomic mass is 10.3. The molecular formula is C13H13BrFN3O. The zero-order valence-corrected chi connectivity index (χ0v) is 12.2. The van der Waals surface area contributed by atoms with Crippen molar-refractivity contribution in [2.24, 2.45) is 0 Å². The van der Waals surface area contributed by atoms with E-state index in [1.54, 1.807) is 25.1 Å². The normalized spacial score (nSPS) is 10.3. The van der Waals surface area contributed by atoms with Crippen molar-refractivity contribution in [3.05, 3.63) is 40.4 Å². The van der Waals surface area contributed by atoms with Gasteiger partial charge in [0.2, 0.25) is 5.88 Å². The summed E-state index contributed by atoms with van der Waals surface area (Å²) < 4.78 is 19.8. The predicted molar refractivity (Wildman–Crippen MR) is 75.1 cm³/mol. The molecule has 2 rings (SSSR count). The van der Waals surface area contributed by atoms with Gasteiger partial charge in [0.05, 0.1) is 0 Å². The van der Waals surface area contributed by atoms with Crippen LogP contribution >= 0.6 is 15.9 Å². The molecule has 1 heterocycles. The summed E-state index contributed by atoms with van der Waals surface area (Å²) in [6.07, 6.45) is 0. The summed E-state index contributed by atoms with van der Waals surface area (Å²) in [5, 5.41) is 3.07. The first-order chi connectivity index (χ1) is 9.08. The standard InChI is InChI=1S/C13H13BrFN3O/c1-3-16-12-7-13(18-8(2)17-12)19-11-5-4-9(14)6-10(11)15/h4-7H,3H2,1-2H3,(H,16,17,18). The first-order valence-electron chi connectivity index (χ1n) is 5.81. The van der Waals surface area contributed by atoms with Gasteiger partial charge in [-0.3, -0.25) is 0 Å². The number of aryl methyl sites for hydroxylation is 1. The Balaban J connectivity index is 2.27. The number of hydrogen-bond donors (Lipinski definition) is 1. The van der Waals surface area contributed by atoms with Crippen LogP contribution in [-0.2, 0) is 0 Å². The second-order valence-corrected chi connectivity index (χ2v) is 4.76. The molecule has 0 radical (unpaired) electrons. The van der Waals surface area contributed by atoms with Gasteiger partial charge in [-0.1, -0.05) is 15.9 Å². The Kier molecular flexibility index (Phi) is 4.31. The number of nitrogens with one attached hydrogen (secondary N) is 1. The van der Waals surface area contributed by atoms with Crippen molar-refractivity contribution in [1.29, 1.82) is 0 Å². The van der Waals surface area contributed by atoms with E-state index >= 15 is 0 Å². The van der Waals surface area contributed by atoms with Crippen molar-refractivity contribution in [3.8, 4) is 11.6 Å². The van der Waals surface area contributed by atoms with E-state index in [0.29, 0.717) is 22.0 Å². The molecule has 1 aromatic heterocycles. The zero-order chi connectivity index (χ0) is 13.8. The summed E-state index contributed by atoms with van der Waals surface area (Å²) in [5.41, 5.74) is 0. The molecule has 2 aromatic rings. The molecule has 6 heteroatoms. The van der Waals surface area contributed by atoms with Gasteiger partial charge in [0.25, 0.3) is 0 Å². The molecular weight excluding hydrogens is 313 g/mol. The van der Waals surface area contributed by atoms with Gasteiger partial charge in [-0.25, -0.2) is 9.37 Å². The smallest absolute Gasteiger partial charge is 0.224 e. The molecule has 100 valence electrons. The fraction of sp³-hybridized carbons (Fsp3) is 0.231. The molecule has 1 N–H and O–H groups in total. The maximum absolute atomic E-state index is 13.7. The minimum Gasteiger partial charge on any atom is -0.436 e. The number of hydrogen-bond acceptors (Lipinski definition) is 4. The topological polar surface area (TPSA) is 47.0 Å². The number of aromatic nitrogens is 2. The van der Waals surface area contributed by atoms with Gasteiger partial charge in [0.1, 0.15) is 11.6 Å². The molecule has 0 saturated carbocycles. The first-order valence-corrected chi connectivity index (χ1v) is 6.60. The lowest BCUT2D eigenvalue weighted by molar-refractivity contribution is 0.425. The van der Waals surface area contributed by atoms with Crippen molar-refractivity contribution < 1.29 is 9.13 Å². The number of nitrogens with zero attached hydrogens (tertiary/aromatic N) is 2. The van der Waals surface area contributed by atoms with Gasteiger partial charge in [-0.15, -0.1) is 0 Å². The molecule has 0 aliphatic rings. The van der Waals surface area contributed by atoms with E-state index in [1.165, 1.54) is 6.07 Å². The lowest BCUT2D eigenvalue weighted by Crippen LogP contribution is -2.02. The SMILES string of the molecule is CCNc1cc(Oc2ccc(Br)cc2F)nc(C)n1. The van der Waals surface area contributed by atoms with Crippen molar-refractivity contribution in [1.82, 2.24) is 9.97 Å². The predicted octanol–water partition coefficient (Wildman–Crippen LogP) is 3.91. The second kappa shape index (κ2) is 5.97. The maximum atomic E-state index is 13.7. The Hall–Kier alpha value is -1.69. The van der Waals surface area contributed by atoms with E-state index in [0.717, 1.165) is 6.54 Å². The van der Waals surface area contributed by atoms with Crippen LogP contribution in [0.5, 0.6) is 11.6 Å². The van der Waals surface area contributed by atoms with Gasteiger partial charge in [-0.2, -0.15) is 4.98 Å². The van der Waals surface area contributed by atoms with Gasteiger partial charge in [-0.05, 0) is 32.0 Å². The van der Waals surface area contributed by atoms with Crippen molar-refractivity contribution in [3.63, 3.8) is 0 Å².